The van der Waals surface area contributed by atoms with Gasteiger partial charge >= 0.3 is 0 Å². The van der Waals surface area contributed by atoms with Gasteiger partial charge in [0.1, 0.15) is 5.82 Å². The Labute approximate surface area is 199 Å². The van der Waals surface area contributed by atoms with E-state index in [1.807, 2.05) is 71.8 Å². The van der Waals surface area contributed by atoms with Gasteiger partial charge in [-0.2, -0.15) is 0 Å². The molecular weight excluding hydrogens is 428 g/mol. The number of aryl methyl sites for hydroxylation is 2. The summed E-state index contributed by atoms with van der Waals surface area (Å²) >= 11 is 1.45. The van der Waals surface area contributed by atoms with Gasteiger partial charge in [0.2, 0.25) is 5.91 Å². The molecular formula is C27H28N4OS. The molecule has 168 valence electrons. The van der Waals surface area contributed by atoms with Gasteiger partial charge in [0.05, 0.1) is 10.9 Å². The first-order valence-electron chi connectivity index (χ1n) is 11.0. The minimum atomic E-state index is -0.316. The van der Waals surface area contributed by atoms with Gasteiger partial charge in [0.15, 0.2) is 5.16 Å². The molecule has 0 aliphatic rings. The molecule has 4 rings (SSSR count). The molecule has 0 saturated carbocycles. The summed E-state index contributed by atoms with van der Waals surface area (Å²) in [5, 5.41) is 9.09. The third kappa shape index (κ3) is 5.52. The highest BCUT2D eigenvalue weighted by Crippen LogP contribution is 2.28. The molecule has 5 nitrogen and oxygen atoms in total. The van der Waals surface area contributed by atoms with E-state index < -0.39 is 0 Å². The number of para-hydroxylation sites is 1. The van der Waals surface area contributed by atoms with Crippen molar-refractivity contribution in [3.63, 3.8) is 0 Å². The van der Waals surface area contributed by atoms with E-state index in [1.165, 1.54) is 11.8 Å². The number of hydrogen-bond acceptors (Lipinski definition) is 4. The van der Waals surface area contributed by atoms with Gasteiger partial charge in [0.25, 0.3) is 0 Å². The lowest BCUT2D eigenvalue weighted by Gasteiger charge is -2.26. The van der Waals surface area contributed by atoms with Gasteiger partial charge < -0.3 is 4.90 Å². The first-order valence-corrected chi connectivity index (χ1v) is 11.9. The van der Waals surface area contributed by atoms with E-state index in [4.69, 9.17) is 0 Å². The fourth-order valence-electron chi connectivity index (χ4n) is 3.80. The minimum absolute atomic E-state index is 0.0738. The number of nitrogens with zero attached hydrogens (tertiary/aromatic N) is 4. The Morgan fingerprint density at radius 2 is 1.39 bits per heavy atom. The van der Waals surface area contributed by atoms with Crippen LogP contribution in [0.4, 0.5) is 0 Å². The molecule has 0 N–H and O–H groups in total. The normalized spacial score (nSPS) is 11.8. The average molecular weight is 457 g/mol. The van der Waals surface area contributed by atoms with E-state index in [-0.39, 0.29) is 11.2 Å². The van der Waals surface area contributed by atoms with Crippen LogP contribution in [-0.2, 0) is 17.9 Å². The number of hydrogen-bond donors (Lipinski definition) is 0. The summed E-state index contributed by atoms with van der Waals surface area (Å²) in [6.45, 7) is 7.07. The second-order valence-corrected chi connectivity index (χ2v) is 9.39. The predicted molar refractivity (Wildman–Crippen MR) is 133 cm³/mol. The summed E-state index contributed by atoms with van der Waals surface area (Å²) < 4.78 is 2.03. The van der Waals surface area contributed by atoms with E-state index in [0.717, 1.165) is 33.4 Å². The number of aromatic nitrogens is 3. The maximum Gasteiger partial charge on any atom is 0.236 e. The lowest BCUT2D eigenvalue weighted by molar-refractivity contribution is -0.131. The first-order chi connectivity index (χ1) is 16.0. The Balaban J connectivity index is 1.57. The lowest BCUT2D eigenvalue weighted by Crippen LogP contribution is -2.35. The molecule has 3 aromatic carbocycles. The number of benzene rings is 3. The zero-order valence-corrected chi connectivity index (χ0v) is 20.0. The fourth-order valence-corrected chi connectivity index (χ4v) is 4.79. The summed E-state index contributed by atoms with van der Waals surface area (Å²) in [6.07, 6.45) is 0. The molecule has 1 unspecified atom stereocenters. The van der Waals surface area contributed by atoms with Crippen molar-refractivity contribution in [3.05, 3.63) is 107 Å². The fraction of sp³-hybridized carbons (Fsp3) is 0.222. The van der Waals surface area contributed by atoms with Crippen LogP contribution in [0.5, 0.6) is 0 Å². The molecule has 1 heterocycles. The SMILES string of the molecule is Cc1ccccc1-n1c(C)nnc1SC(C)C(=O)N(Cc1ccccc1)Cc1ccccc1. The highest BCUT2D eigenvalue weighted by atomic mass is 32.2. The van der Waals surface area contributed by atoms with Crippen molar-refractivity contribution in [3.8, 4) is 5.69 Å². The number of rotatable bonds is 8. The molecule has 6 heteroatoms. The number of carbonyl (C=O) groups excluding carboxylic acids is 1. The van der Waals surface area contributed by atoms with Gasteiger partial charge in [-0.15, -0.1) is 10.2 Å². The second-order valence-electron chi connectivity index (χ2n) is 8.08. The topological polar surface area (TPSA) is 51.0 Å². The van der Waals surface area contributed by atoms with Crippen molar-refractivity contribution in [2.75, 3.05) is 0 Å². The number of amides is 1. The summed E-state index contributed by atoms with van der Waals surface area (Å²) in [7, 11) is 0. The van der Waals surface area contributed by atoms with Gasteiger partial charge in [-0.05, 0) is 43.5 Å². The Kier molecular flexibility index (Phi) is 7.25. The smallest absolute Gasteiger partial charge is 0.236 e. The predicted octanol–water partition coefficient (Wildman–Crippen LogP) is 5.59. The summed E-state index contributed by atoms with van der Waals surface area (Å²) in [4.78, 5) is 15.5. The van der Waals surface area contributed by atoms with Crippen molar-refractivity contribution in [1.82, 2.24) is 19.7 Å². The van der Waals surface area contributed by atoms with Gasteiger partial charge in [0, 0.05) is 13.1 Å². The van der Waals surface area contributed by atoms with Crippen LogP contribution in [0, 0.1) is 13.8 Å². The number of carbonyl (C=O) groups is 1. The molecule has 0 aliphatic carbocycles. The maximum atomic E-state index is 13.6. The molecule has 0 aliphatic heterocycles. The Hall–Kier alpha value is -3.38. The molecule has 0 bridgehead atoms. The highest BCUT2D eigenvalue weighted by molar-refractivity contribution is 8.00. The van der Waals surface area contributed by atoms with E-state index >= 15 is 0 Å². The lowest BCUT2D eigenvalue weighted by atomic mass is 10.1. The van der Waals surface area contributed by atoms with Crippen LogP contribution in [0.15, 0.2) is 90.1 Å². The van der Waals surface area contributed by atoms with Crippen molar-refractivity contribution < 1.29 is 4.79 Å². The monoisotopic (exact) mass is 456 g/mol. The van der Waals surface area contributed by atoms with Crippen LogP contribution in [0.2, 0.25) is 0 Å². The Morgan fingerprint density at radius 1 is 0.848 bits per heavy atom. The van der Waals surface area contributed by atoms with Crippen LogP contribution < -0.4 is 0 Å². The molecule has 0 spiro atoms. The maximum absolute atomic E-state index is 13.6. The van der Waals surface area contributed by atoms with Crippen LogP contribution in [0.1, 0.15) is 29.4 Å². The van der Waals surface area contributed by atoms with E-state index in [2.05, 4.69) is 53.5 Å². The number of thioether (sulfide) groups is 1. The minimum Gasteiger partial charge on any atom is -0.333 e. The molecule has 0 radical (unpaired) electrons. The summed E-state index contributed by atoms with van der Waals surface area (Å²) in [6, 6.07) is 28.4. The van der Waals surface area contributed by atoms with Gasteiger partial charge in [-0.25, -0.2) is 0 Å². The van der Waals surface area contributed by atoms with Crippen LogP contribution in [0.3, 0.4) is 0 Å². The van der Waals surface area contributed by atoms with Crippen molar-refractivity contribution in [2.24, 2.45) is 0 Å². The second kappa shape index (κ2) is 10.5. The molecule has 1 atom stereocenters. The Bertz CT molecular complexity index is 1170. The van der Waals surface area contributed by atoms with Gasteiger partial charge in [-0.1, -0.05) is 90.6 Å². The molecule has 1 aromatic heterocycles. The zero-order valence-electron chi connectivity index (χ0n) is 19.2. The largest absolute Gasteiger partial charge is 0.333 e. The van der Waals surface area contributed by atoms with Gasteiger partial charge in [-0.3, -0.25) is 9.36 Å². The Morgan fingerprint density at radius 3 is 1.97 bits per heavy atom. The summed E-state index contributed by atoms with van der Waals surface area (Å²) in [5.74, 6) is 0.876. The zero-order chi connectivity index (χ0) is 23.2. The average Bonchev–Trinajstić information content (AvgIpc) is 3.19. The first kappa shape index (κ1) is 22.8. The highest BCUT2D eigenvalue weighted by Gasteiger charge is 2.25. The quantitative estimate of drug-likeness (QED) is 0.324. The van der Waals surface area contributed by atoms with E-state index in [1.54, 1.807) is 0 Å². The molecule has 0 fully saturated rings. The van der Waals surface area contributed by atoms with Crippen molar-refractivity contribution in [1.29, 1.82) is 0 Å². The van der Waals surface area contributed by atoms with Crippen LogP contribution in [0.25, 0.3) is 5.69 Å². The van der Waals surface area contributed by atoms with Crippen molar-refractivity contribution in [2.45, 2.75) is 44.3 Å². The van der Waals surface area contributed by atoms with E-state index in [9.17, 15) is 4.79 Å². The van der Waals surface area contributed by atoms with Crippen LogP contribution >= 0.6 is 11.8 Å². The molecule has 0 saturated heterocycles. The third-order valence-electron chi connectivity index (χ3n) is 5.53. The van der Waals surface area contributed by atoms with Crippen molar-refractivity contribution >= 4 is 17.7 Å². The standard InChI is InChI=1S/C27H28N4OS/c1-20-12-10-11-17-25(20)31-22(3)28-29-27(31)33-21(2)26(32)30(18-23-13-6-4-7-14-23)19-24-15-8-5-9-16-24/h4-17,21H,18-19H2,1-3H3. The summed E-state index contributed by atoms with van der Waals surface area (Å²) in [5.41, 5.74) is 4.39. The molecule has 1 amide bonds. The molecule has 33 heavy (non-hydrogen) atoms. The van der Waals surface area contributed by atoms with Crippen LogP contribution in [-0.4, -0.2) is 30.8 Å². The third-order valence-corrected chi connectivity index (χ3v) is 6.56. The van der Waals surface area contributed by atoms with E-state index in [0.29, 0.717) is 13.1 Å². The molecule has 4 aromatic rings.